The van der Waals surface area contributed by atoms with Gasteiger partial charge >= 0.3 is 0 Å². The second-order valence-corrected chi connectivity index (χ2v) is 7.80. The fourth-order valence-electron chi connectivity index (χ4n) is 4.15. The summed E-state index contributed by atoms with van der Waals surface area (Å²) in [7, 11) is 0. The number of aryl methyl sites for hydroxylation is 1. The predicted molar refractivity (Wildman–Crippen MR) is 107 cm³/mol. The van der Waals surface area contributed by atoms with Crippen LogP contribution in [0, 0.1) is 13.8 Å². The van der Waals surface area contributed by atoms with Gasteiger partial charge in [-0.25, -0.2) is 0 Å². The lowest BCUT2D eigenvalue weighted by atomic mass is 9.96. The third-order valence-corrected chi connectivity index (χ3v) is 5.38. The summed E-state index contributed by atoms with van der Waals surface area (Å²) in [4.78, 5) is 6.92. The number of nitrogens with one attached hydrogen (secondary N) is 1. The molecule has 0 unspecified atom stereocenters. The summed E-state index contributed by atoms with van der Waals surface area (Å²) in [6.45, 7) is 13.3. The molecule has 1 fully saturated rings. The molecule has 3 rings (SSSR count). The average molecular weight is 357 g/mol. The molecule has 1 aliphatic rings. The highest BCUT2D eigenvalue weighted by Crippen LogP contribution is 2.42. The molecule has 0 amide bonds. The highest BCUT2D eigenvalue weighted by atomic mass is 32.1. The molecule has 0 aliphatic carbocycles. The van der Waals surface area contributed by atoms with Crippen molar-refractivity contribution >= 4 is 17.3 Å². The SMILES string of the molecule is Cc1cc([C@H]2[C@@H](c3ccccn3)NC(=S)N2C(C)C)c(C)n1C(C)C. The van der Waals surface area contributed by atoms with Crippen molar-refractivity contribution in [1.82, 2.24) is 19.8 Å². The third-order valence-electron chi connectivity index (χ3n) is 5.05. The molecule has 4 nitrogen and oxygen atoms in total. The normalized spacial score (nSPS) is 20.6. The Labute approximate surface area is 156 Å². The first-order chi connectivity index (χ1) is 11.8. The van der Waals surface area contributed by atoms with Crippen LogP contribution in [0.4, 0.5) is 0 Å². The summed E-state index contributed by atoms with van der Waals surface area (Å²) >= 11 is 5.69. The van der Waals surface area contributed by atoms with Crippen LogP contribution < -0.4 is 5.32 Å². The van der Waals surface area contributed by atoms with Crippen molar-refractivity contribution in [3.8, 4) is 0 Å². The monoisotopic (exact) mass is 356 g/mol. The molecule has 0 bridgehead atoms. The summed E-state index contributed by atoms with van der Waals surface area (Å²) in [6, 6.07) is 9.38. The fourth-order valence-corrected chi connectivity index (χ4v) is 4.60. The lowest BCUT2D eigenvalue weighted by molar-refractivity contribution is 0.268. The van der Waals surface area contributed by atoms with E-state index in [1.807, 2.05) is 18.3 Å². The summed E-state index contributed by atoms with van der Waals surface area (Å²) in [5, 5.41) is 4.33. The van der Waals surface area contributed by atoms with Crippen molar-refractivity contribution in [3.05, 3.63) is 53.1 Å². The van der Waals surface area contributed by atoms with Gasteiger partial charge in [-0.15, -0.1) is 0 Å². The molecule has 1 N–H and O–H groups in total. The number of hydrogen-bond donors (Lipinski definition) is 1. The molecule has 3 heterocycles. The molecule has 0 radical (unpaired) electrons. The minimum atomic E-state index is 0.0669. The van der Waals surface area contributed by atoms with E-state index in [1.165, 1.54) is 17.0 Å². The Hall–Kier alpha value is -1.88. The zero-order valence-electron chi connectivity index (χ0n) is 15.9. The van der Waals surface area contributed by atoms with Crippen LogP contribution in [0.5, 0.6) is 0 Å². The first-order valence-corrected chi connectivity index (χ1v) is 9.41. The molecular weight excluding hydrogens is 328 g/mol. The highest BCUT2D eigenvalue weighted by molar-refractivity contribution is 7.80. The second-order valence-electron chi connectivity index (χ2n) is 7.42. The van der Waals surface area contributed by atoms with E-state index >= 15 is 0 Å². The van der Waals surface area contributed by atoms with Gasteiger partial charge in [-0.05, 0) is 77.5 Å². The summed E-state index contributed by atoms with van der Waals surface area (Å²) in [5.74, 6) is 0. The van der Waals surface area contributed by atoms with Crippen LogP contribution >= 0.6 is 12.2 Å². The molecule has 2 atom stereocenters. The highest BCUT2D eigenvalue weighted by Gasteiger charge is 2.42. The first kappa shape index (κ1) is 17.9. The van der Waals surface area contributed by atoms with Crippen LogP contribution in [-0.2, 0) is 0 Å². The molecule has 1 saturated heterocycles. The summed E-state index contributed by atoms with van der Waals surface area (Å²) < 4.78 is 2.41. The number of rotatable bonds is 4. The molecule has 1 aliphatic heterocycles. The Morgan fingerprint density at radius 2 is 1.84 bits per heavy atom. The Kier molecular flexibility index (Phi) is 4.87. The molecule has 0 aromatic carbocycles. The van der Waals surface area contributed by atoms with Gasteiger partial charge in [-0.2, -0.15) is 0 Å². The topological polar surface area (TPSA) is 33.1 Å². The fraction of sp³-hybridized carbons (Fsp3) is 0.500. The van der Waals surface area contributed by atoms with E-state index in [9.17, 15) is 0 Å². The molecule has 2 aromatic rings. The van der Waals surface area contributed by atoms with Gasteiger partial charge in [-0.3, -0.25) is 4.98 Å². The van der Waals surface area contributed by atoms with E-state index < -0.39 is 0 Å². The van der Waals surface area contributed by atoms with Crippen molar-refractivity contribution in [2.24, 2.45) is 0 Å². The maximum absolute atomic E-state index is 5.69. The predicted octanol–water partition coefficient (Wildman–Crippen LogP) is 4.46. The molecule has 0 saturated carbocycles. The quantitative estimate of drug-likeness (QED) is 0.820. The zero-order chi connectivity index (χ0) is 18.3. The Morgan fingerprint density at radius 3 is 2.36 bits per heavy atom. The van der Waals surface area contributed by atoms with E-state index in [0.717, 1.165) is 10.8 Å². The van der Waals surface area contributed by atoms with Crippen LogP contribution in [0.3, 0.4) is 0 Å². The van der Waals surface area contributed by atoms with E-state index in [1.54, 1.807) is 0 Å². The lowest BCUT2D eigenvalue weighted by Gasteiger charge is -2.31. The van der Waals surface area contributed by atoms with E-state index in [2.05, 4.69) is 73.4 Å². The van der Waals surface area contributed by atoms with Gasteiger partial charge in [0.1, 0.15) is 0 Å². The number of aromatic nitrogens is 2. The molecule has 134 valence electrons. The van der Waals surface area contributed by atoms with Crippen LogP contribution in [0.25, 0.3) is 0 Å². The molecular formula is C20H28N4S. The lowest BCUT2D eigenvalue weighted by Crippen LogP contribution is -2.35. The van der Waals surface area contributed by atoms with Gasteiger partial charge in [0.25, 0.3) is 0 Å². The minimum Gasteiger partial charge on any atom is -0.352 e. The van der Waals surface area contributed by atoms with Gasteiger partial charge in [0.15, 0.2) is 5.11 Å². The molecule has 5 heteroatoms. The maximum atomic E-state index is 5.69. The average Bonchev–Trinajstić information content (AvgIpc) is 3.04. The van der Waals surface area contributed by atoms with Crippen LogP contribution in [-0.4, -0.2) is 25.6 Å². The van der Waals surface area contributed by atoms with E-state index in [0.29, 0.717) is 12.1 Å². The van der Waals surface area contributed by atoms with Crippen molar-refractivity contribution < 1.29 is 0 Å². The van der Waals surface area contributed by atoms with Crippen LogP contribution in [0.2, 0.25) is 0 Å². The Balaban J connectivity index is 2.14. The second kappa shape index (κ2) is 6.79. The van der Waals surface area contributed by atoms with Gasteiger partial charge in [0, 0.05) is 29.7 Å². The van der Waals surface area contributed by atoms with Crippen molar-refractivity contribution in [2.75, 3.05) is 0 Å². The zero-order valence-corrected chi connectivity index (χ0v) is 16.8. The van der Waals surface area contributed by atoms with Crippen molar-refractivity contribution in [1.29, 1.82) is 0 Å². The Bertz CT molecular complexity index is 764. The van der Waals surface area contributed by atoms with E-state index in [-0.39, 0.29) is 12.1 Å². The minimum absolute atomic E-state index is 0.0669. The number of hydrogen-bond acceptors (Lipinski definition) is 2. The number of pyridine rings is 1. The molecule has 25 heavy (non-hydrogen) atoms. The molecule has 0 spiro atoms. The Morgan fingerprint density at radius 1 is 1.12 bits per heavy atom. The standard InChI is InChI=1S/C20H28N4S/c1-12(2)23-14(5)11-16(15(23)6)19-18(17-9-7-8-10-21-17)22-20(25)24(19)13(3)4/h7-13,18-19H,1-6H3,(H,22,25)/t18-,19+/m1/s1. The van der Waals surface area contributed by atoms with Crippen LogP contribution in [0.1, 0.15) is 68.5 Å². The van der Waals surface area contributed by atoms with Gasteiger partial charge in [0.2, 0.25) is 0 Å². The van der Waals surface area contributed by atoms with Gasteiger partial charge in [0.05, 0.1) is 17.8 Å². The third kappa shape index (κ3) is 3.06. The van der Waals surface area contributed by atoms with Crippen LogP contribution in [0.15, 0.2) is 30.5 Å². The van der Waals surface area contributed by atoms with Gasteiger partial charge < -0.3 is 14.8 Å². The number of thiocarbonyl (C=S) groups is 1. The summed E-state index contributed by atoms with van der Waals surface area (Å²) in [6.07, 6.45) is 1.85. The first-order valence-electron chi connectivity index (χ1n) is 9.01. The smallest absolute Gasteiger partial charge is 0.170 e. The largest absolute Gasteiger partial charge is 0.352 e. The van der Waals surface area contributed by atoms with Gasteiger partial charge in [-0.1, -0.05) is 6.07 Å². The summed E-state index contributed by atoms with van der Waals surface area (Å²) in [5.41, 5.74) is 4.98. The van der Waals surface area contributed by atoms with Crippen molar-refractivity contribution in [3.63, 3.8) is 0 Å². The number of nitrogens with zero attached hydrogens (tertiary/aromatic N) is 3. The van der Waals surface area contributed by atoms with E-state index in [4.69, 9.17) is 12.2 Å². The van der Waals surface area contributed by atoms with Crippen molar-refractivity contribution in [2.45, 2.75) is 65.7 Å². The molecule has 2 aromatic heterocycles. The maximum Gasteiger partial charge on any atom is 0.170 e.